The van der Waals surface area contributed by atoms with Crippen LogP contribution >= 0.6 is 0 Å². The number of hydrogen-bond acceptors (Lipinski definition) is 6. The van der Waals surface area contributed by atoms with Crippen molar-refractivity contribution in [1.29, 1.82) is 0 Å². The van der Waals surface area contributed by atoms with Crippen LogP contribution in [0.3, 0.4) is 0 Å². The second kappa shape index (κ2) is 5.42. The number of aromatic amines is 1. The number of H-pyrrole nitrogens is 1. The maximum atomic E-state index is 5.35. The van der Waals surface area contributed by atoms with Gasteiger partial charge in [-0.05, 0) is 0 Å². The third-order valence-electron chi connectivity index (χ3n) is 4.03. The SMILES string of the molecule is c1nc2c([nH]1)CCN[C@@H]2c1cnc(N2CCOCC2)nc1. The molecule has 7 heteroatoms. The average Bonchev–Trinajstić information content (AvgIpc) is 3.04. The highest BCUT2D eigenvalue weighted by molar-refractivity contribution is 5.34. The first-order valence-corrected chi connectivity index (χ1v) is 7.32. The van der Waals surface area contributed by atoms with E-state index in [-0.39, 0.29) is 6.04 Å². The first kappa shape index (κ1) is 12.7. The Bertz CT molecular complexity index is 604. The second-order valence-corrected chi connectivity index (χ2v) is 5.32. The molecule has 0 aliphatic carbocycles. The Morgan fingerprint density at radius 2 is 1.95 bits per heavy atom. The summed E-state index contributed by atoms with van der Waals surface area (Å²) in [5.74, 6) is 0.778. The molecule has 0 unspecified atom stereocenters. The third kappa shape index (κ3) is 2.38. The molecule has 2 aliphatic rings. The molecule has 0 spiro atoms. The van der Waals surface area contributed by atoms with Crippen molar-refractivity contribution in [3.63, 3.8) is 0 Å². The van der Waals surface area contributed by atoms with E-state index in [0.717, 1.165) is 56.5 Å². The van der Waals surface area contributed by atoms with Gasteiger partial charge in [-0.15, -0.1) is 0 Å². The molecule has 4 rings (SSSR count). The fourth-order valence-electron chi connectivity index (χ4n) is 2.90. The number of morpholine rings is 1. The van der Waals surface area contributed by atoms with Crippen molar-refractivity contribution in [3.05, 3.63) is 35.7 Å². The Morgan fingerprint density at radius 3 is 2.76 bits per heavy atom. The fourth-order valence-corrected chi connectivity index (χ4v) is 2.90. The number of aromatic nitrogens is 4. The lowest BCUT2D eigenvalue weighted by molar-refractivity contribution is 0.122. The quantitative estimate of drug-likeness (QED) is 0.825. The predicted octanol–water partition coefficient (Wildman–Crippen LogP) is 0.271. The van der Waals surface area contributed by atoms with E-state index < -0.39 is 0 Å². The maximum Gasteiger partial charge on any atom is 0.225 e. The second-order valence-electron chi connectivity index (χ2n) is 5.32. The summed E-state index contributed by atoms with van der Waals surface area (Å²) in [6.45, 7) is 4.12. The van der Waals surface area contributed by atoms with E-state index in [0.29, 0.717) is 0 Å². The largest absolute Gasteiger partial charge is 0.378 e. The zero-order chi connectivity index (χ0) is 14.1. The molecule has 2 aromatic heterocycles. The van der Waals surface area contributed by atoms with Gasteiger partial charge in [-0.3, -0.25) is 0 Å². The molecule has 2 aromatic rings. The molecule has 110 valence electrons. The van der Waals surface area contributed by atoms with Crippen LogP contribution in [0.25, 0.3) is 0 Å². The van der Waals surface area contributed by atoms with Gasteiger partial charge in [0.25, 0.3) is 0 Å². The van der Waals surface area contributed by atoms with Crippen molar-refractivity contribution in [2.45, 2.75) is 12.5 Å². The van der Waals surface area contributed by atoms with Gasteiger partial charge in [0.15, 0.2) is 0 Å². The molecule has 0 radical (unpaired) electrons. The molecule has 0 amide bonds. The summed E-state index contributed by atoms with van der Waals surface area (Å²) >= 11 is 0. The first-order chi connectivity index (χ1) is 10.4. The van der Waals surface area contributed by atoms with Crippen LogP contribution in [0.4, 0.5) is 5.95 Å². The number of imidazole rings is 1. The van der Waals surface area contributed by atoms with Crippen LogP contribution in [-0.4, -0.2) is 52.8 Å². The molecule has 2 N–H and O–H groups in total. The number of fused-ring (bicyclic) bond motifs is 1. The van der Waals surface area contributed by atoms with Crippen LogP contribution in [0.2, 0.25) is 0 Å². The molecule has 21 heavy (non-hydrogen) atoms. The van der Waals surface area contributed by atoms with Gasteiger partial charge >= 0.3 is 0 Å². The van der Waals surface area contributed by atoms with Gasteiger partial charge in [0.1, 0.15) is 0 Å². The number of hydrogen-bond donors (Lipinski definition) is 2. The van der Waals surface area contributed by atoms with E-state index in [9.17, 15) is 0 Å². The highest BCUT2D eigenvalue weighted by atomic mass is 16.5. The summed E-state index contributed by atoms with van der Waals surface area (Å²) in [4.78, 5) is 18.8. The van der Waals surface area contributed by atoms with Crippen LogP contribution in [0, 0.1) is 0 Å². The molecule has 4 heterocycles. The van der Waals surface area contributed by atoms with Crippen molar-refractivity contribution in [2.24, 2.45) is 0 Å². The molecule has 1 fully saturated rings. The van der Waals surface area contributed by atoms with Gasteiger partial charge in [0.05, 0.1) is 31.3 Å². The molecule has 2 aliphatic heterocycles. The lowest BCUT2D eigenvalue weighted by atomic mass is 10.0. The van der Waals surface area contributed by atoms with E-state index in [4.69, 9.17) is 4.74 Å². The minimum Gasteiger partial charge on any atom is -0.378 e. The number of nitrogens with zero attached hydrogens (tertiary/aromatic N) is 4. The minimum atomic E-state index is 0.0822. The average molecular weight is 286 g/mol. The monoisotopic (exact) mass is 286 g/mol. The zero-order valence-corrected chi connectivity index (χ0v) is 11.7. The lowest BCUT2D eigenvalue weighted by Gasteiger charge is -2.27. The third-order valence-corrected chi connectivity index (χ3v) is 4.03. The van der Waals surface area contributed by atoms with Crippen LogP contribution in [-0.2, 0) is 11.2 Å². The van der Waals surface area contributed by atoms with Crippen LogP contribution in [0.15, 0.2) is 18.7 Å². The number of rotatable bonds is 2. The van der Waals surface area contributed by atoms with Gasteiger partial charge < -0.3 is 19.9 Å². The van der Waals surface area contributed by atoms with Gasteiger partial charge in [-0.1, -0.05) is 0 Å². The standard InChI is InChI=1S/C14H18N6O/c1-2-15-12(13-11(1)18-9-19-13)10-7-16-14(17-8-10)20-3-5-21-6-4-20/h7-9,12,15H,1-6H2,(H,18,19)/t12-/m1/s1. The van der Waals surface area contributed by atoms with E-state index >= 15 is 0 Å². The summed E-state index contributed by atoms with van der Waals surface area (Å²) in [5, 5.41) is 3.48. The zero-order valence-electron chi connectivity index (χ0n) is 11.7. The summed E-state index contributed by atoms with van der Waals surface area (Å²) in [7, 11) is 0. The van der Waals surface area contributed by atoms with Crippen molar-refractivity contribution >= 4 is 5.95 Å². The fraction of sp³-hybridized carbons (Fsp3) is 0.500. The summed E-state index contributed by atoms with van der Waals surface area (Å²) < 4.78 is 5.35. The van der Waals surface area contributed by atoms with Gasteiger partial charge in [-0.25, -0.2) is 15.0 Å². The smallest absolute Gasteiger partial charge is 0.225 e. The molecule has 7 nitrogen and oxygen atoms in total. The molecule has 1 atom stereocenters. The highest BCUT2D eigenvalue weighted by Gasteiger charge is 2.24. The number of ether oxygens (including phenoxy) is 1. The number of anilines is 1. The van der Waals surface area contributed by atoms with Crippen LogP contribution in [0.5, 0.6) is 0 Å². The Morgan fingerprint density at radius 1 is 1.14 bits per heavy atom. The highest BCUT2D eigenvalue weighted by Crippen LogP contribution is 2.25. The molecule has 0 aromatic carbocycles. The summed E-state index contributed by atoms with van der Waals surface area (Å²) in [5.41, 5.74) is 3.32. The van der Waals surface area contributed by atoms with Gasteiger partial charge in [0.2, 0.25) is 5.95 Å². The van der Waals surface area contributed by atoms with E-state index in [1.807, 2.05) is 12.4 Å². The topological polar surface area (TPSA) is 79.0 Å². The molecule has 1 saturated heterocycles. The van der Waals surface area contributed by atoms with E-state index in [2.05, 4.69) is 30.2 Å². The van der Waals surface area contributed by atoms with Crippen molar-refractivity contribution in [3.8, 4) is 0 Å². The van der Waals surface area contributed by atoms with E-state index in [1.165, 1.54) is 5.69 Å². The van der Waals surface area contributed by atoms with Crippen LogP contribution < -0.4 is 10.2 Å². The van der Waals surface area contributed by atoms with Crippen LogP contribution in [0.1, 0.15) is 23.0 Å². The molecule has 0 bridgehead atoms. The normalized spacial score (nSPS) is 22.1. The lowest BCUT2D eigenvalue weighted by Crippen LogP contribution is -2.37. The van der Waals surface area contributed by atoms with Crippen molar-refractivity contribution in [2.75, 3.05) is 37.7 Å². The summed E-state index contributed by atoms with van der Waals surface area (Å²) in [6, 6.07) is 0.0822. The first-order valence-electron chi connectivity index (χ1n) is 7.32. The van der Waals surface area contributed by atoms with Gasteiger partial charge in [-0.2, -0.15) is 0 Å². The predicted molar refractivity (Wildman–Crippen MR) is 77.2 cm³/mol. The Labute approximate surface area is 122 Å². The molecular formula is C14H18N6O. The Balaban J connectivity index is 1.57. The van der Waals surface area contributed by atoms with E-state index in [1.54, 1.807) is 6.33 Å². The Kier molecular flexibility index (Phi) is 3.28. The maximum absolute atomic E-state index is 5.35. The minimum absolute atomic E-state index is 0.0822. The Hall–Kier alpha value is -1.99. The molecular weight excluding hydrogens is 268 g/mol. The number of nitrogens with one attached hydrogen (secondary N) is 2. The van der Waals surface area contributed by atoms with Crippen molar-refractivity contribution < 1.29 is 4.74 Å². The van der Waals surface area contributed by atoms with Gasteiger partial charge in [0, 0.05) is 49.7 Å². The summed E-state index contributed by atoms with van der Waals surface area (Å²) in [6.07, 6.45) is 6.55. The van der Waals surface area contributed by atoms with Crippen molar-refractivity contribution in [1.82, 2.24) is 25.3 Å². The molecule has 0 saturated carbocycles.